The monoisotopic (exact) mass is 487 g/mol. The number of aliphatic imine (C=N–C) groups is 1. The molecule has 0 unspecified atom stereocenters. The van der Waals surface area contributed by atoms with Gasteiger partial charge in [-0.05, 0) is 24.8 Å². The van der Waals surface area contributed by atoms with Crippen LogP contribution in [0, 0.1) is 5.92 Å². The summed E-state index contributed by atoms with van der Waals surface area (Å²) in [5.74, 6) is 1.99. The number of guanidine groups is 1. The number of carbonyl (C=O) groups excluding carboxylic acids is 2. The summed E-state index contributed by atoms with van der Waals surface area (Å²) in [6.45, 7) is 2.15. The minimum atomic E-state index is -0.346. The second-order valence-electron chi connectivity index (χ2n) is 6.42. The maximum atomic E-state index is 11.5. The first-order chi connectivity index (χ1) is 12.7. The predicted molar refractivity (Wildman–Crippen MR) is 113 cm³/mol. The predicted octanol–water partition coefficient (Wildman–Crippen LogP) is 1.31. The Hall–Kier alpha value is -2.04. The summed E-state index contributed by atoms with van der Waals surface area (Å²) in [6, 6.07) is 7.61. The Bertz CT molecular complexity index is 677. The van der Waals surface area contributed by atoms with E-state index in [0.717, 1.165) is 17.9 Å². The molecular weight excluding hydrogens is 461 g/mol. The zero-order valence-corrected chi connectivity index (χ0v) is 17.7. The van der Waals surface area contributed by atoms with Crippen molar-refractivity contribution in [2.75, 3.05) is 33.3 Å². The quantitative estimate of drug-likeness (QED) is 0.223. The number of para-hydroxylation sites is 1. The normalized spacial score (nSPS) is 16.6. The van der Waals surface area contributed by atoms with Gasteiger partial charge in [-0.3, -0.25) is 14.7 Å². The number of ether oxygens (including phenoxy) is 1. The first-order valence-corrected chi connectivity index (χ1v) is 8.91. The average Bonchev–Trinajstić information content (AvgIpc) is 3.43. The number of rotatable bonds is 8. The van der Waals surface area contributed by atoms with E-state index in [1.807, 2.05) is 24.3 Å². The Morgan fingerprint density at radius 1 is 1.30 bits per heavy atom. The van der Waals surface area contributed by atoms with Crippen LogP contribution in [0.2, 0.25) is 0 Å². The van der Waals surface area contributed by atoms with Crippen molar-refractivity contribution in [1.29, 1.82) is 0 Å². The first-order valence-electron chi connectivity index (χ1n) is 8.91. The van der Waals surface area contributed by atoms with Crippen LogP contribution in [0.15, 0.2) is 29.3 Å². The zero-order valence-electron chi connectivity index (χ0n) is 15.4. The number of halogens is 1. The third-order valence-electron chi connectivity index (χ3n) is 4.38. The number of imide groups is 1. The first kappa shape index (κ1) is 21.3. The summed E-state index contributed by atoms with van der Waals surface area (Å²) in [5, 5.41) is 8.84. The van der Waals surface area contributed by atoms with Gasteiger partial charge in [0.05, 0.1) is 13.2 Å². The molecule has 1 heterocycles. The van der Waals surface area contributed by atoms with Gasteiger partial charge in [-0.25, -0.2) is 4.79 Å². The third kappa shape index (κ3) is 6.26. The van der Waals surface area contributed by atoms with Crippen molar-refractivity contribution in [1.82, 2.24) is 20.9 Å². The van der Waals surface area contributed by atoms with Crippen LogP contribution >= 0.6 is 24.0 Å². The maximum absolute atomic E-state index is 11.5. The van der Waals surface area contributed by atoms with Crippen LogP contribution in [0.3, 0.4) is 0 Å². The standard InChI is InChI=1S/C18H25N5O3.HI/c1-19-17(20-8-9-23-16(24)11-22-18(23)25)21-10-14-4-2-3-5-15(14)26-12-13-6-7-13;/h2-5,13H,6-12H2,1H3,(H,22,25)(H2,19,20,21);1H. The molecule has 1 aliphatic carbocycles. The molecule has 2 fully saturated rings. The van der Waals surface area contributed by atoms with Gasteiger partial charge < -0.3 is 20.7 Å². The molecule has 1 saturated carbocycles. The molecule has 1 aromatic rings. The van der Waals surface area contributed by atoms with Crippen LogP contribution in [0.25, 0.3) is 0 Å². The van der Waals surface area contributed by atoms with Crippen molar-refractivity contribution in [3.05, 3.63) is 29.8 Å². The summed E-state index contributed by atoms with van der Waals surface area (Å²) in [4.78, 5) is 28.4. The lowest BCUT2D eigenvalue weighted by Crippen LogP contribution is -2.43. The number of nitrogens with zero attached hydrogens (tertiary/aromatic N) is 2. The van der Waals surface area contributed by atoms with Crippen molar-refractivity contribution in [3.8, 4) is 5.75 Å². The molecule has 0 atom stereocenters. The summed E-state index contributed by atoms with van der Waals surface area (Å²) in [7, 11) is 1.68. The molecule has 0 aromatic heterocycles. The van der Waals surface area contributed by atoms with Gasteiger partial charge in [-0.15, -0.1) is 24.0 Å². The number of benzene rings is 1. The van der Waals surface area contributed by atoms with Crippen molar-refractivity contribution in [2.24, 2.45) is 10.9 Å². The van der Waals surface area contributed by atoms with E-state index >= 15 is 0 Å². The molecule has 27 heavy (non-hydrogen) atoms. The largest absolute Gasteiger partial charge is 0.493 e. The average molecular weight is 487 g/mol. The van der Waals surface area contributed by atoms with Gasteiger partial charge in [0.2, 0.25) is 5.91 Å². The van der Waals surface area contributed by atoms with Crippen LogP contribution < -0.4 is 20.7 Å². The summed E-state index contributed by atoms with van der Waals surface area (Å²) in [6.07, 6.45) is 2.52. The minimum Gasteiger partial charge on any atom is -0.493 e. The van der Waals surface area contributed by atoms with E-state index in [0.29, 0.717) is 31.5 Å². The van der Waals surface area contributed by atoms with Gasteiger partial charge in [0.1, 0.15) is 5.75 Å². The molecule has 0 spiro atoms. The Morgan fingerprint density at radius 2 is 2.07 bits per heavy atom. The number of urea groups is 1. The third-order valence-corrected chi connectivity index (χ3v) is 4.38. The highest BCUT2D eigenvalue weighted by atomic mass is 127. The summed E-state index contributed by atoms with van der Waals surface area (Å²) < 4.78 is 5.91. The fourth-order valence-electron chi connectivity index (χ4n) is 2.65. The van der Waals surface area contributed by atoms with Crippen LogP contribution in [0.4, 0.5) is 4.79 Å². The SMILES string of the molecule is CN=C(NCCN1C(=O)CNC1=O)NCc1ccccc1OCC1CC1.I. The number of carbonyl (C=O) groups is 2. The molecule has 0 bridgehead atoms. The van der Waals surface area contributed by atoms with Crippen molar-refractivity contribution in [2.45, 2.75) is 19.4 Å². The molecule has 1 saturated heterocycles. The Balaban J connectivity index is 0.00000261. The molecule has 9 heteroatoms. The fraction of sp³-hybridized carbons (Fsp3) is 0.500. The molecule has 148 valence electrons. The van der Waals surface area contributed by atoms with E-state index < -0.39 is 0 Å². The van der Waals surface area contributed by atoms with Gasteiger partial charge in [-0.1, -0.05) is 18.2 Å². The fourth-order valence-corrected chi connectivity index (χ4v) is 2.65. The topological polar surface area (TPSA) is 95.1 Å². The van der Waals surface area contributed by atoms with Crippen molar-refractivity contribution < 1.29 is 14.3 Å². The number of hydrogen-bond acceptors (Lipinski definition) is 4. The Labute approximate surface area is 176 Å². The summed E-state index contributed by atoms with van der Waals surface area (Å²) >= 11 is 0. The lowest BCUT2D eigenvalue weighted by molar-refractivity contribution is -0.124. The molecule has 2 aliphatic rings. The van der Waals surface area contributed by atoms with E-state index in [-0.39, 0.29) is 42.5 Å². The number of nitrogens with one attached hydrogen (secondary N) is 3. The highest BCUT2D eigenvalue weighted by Gasteiger charge is 2.27. The van der Waals surface area contributed by atoms with E-state index in [9.17, 15) is 9.59 Å². The van der Waals surface area contributed by atoms with E-state index in [4.69, 9.17) is 4.74 Å². The second kappa shape index (κ2) is 10.3. The number of hydrogen-bond donors (Lipinski definition) is 3. The van der Waals surface area contributed by atoms with Crippen LogP contribution in [0.1, 0.15) is 18.4 Å². The molecule has 1 aromatic carbocycles. The molecule has 3 amide bonds. The van der Waals surface area contributed by atoms with Crippen molar-refractivity contribution >= 4 is 41.9 Å². The molecule has 8 nitrogen and oxygen atoms in total. The highest BCUT2D eigenvalue weighted by Crippen LogP contribution is 2.30. The van der Waals surface area contributed by atoms with Gasteiger partial charge in [-0.2, -0.15) is 0 Å². The second-order valence-corrected chi connectivity index (χ2v) is 6.42. The van der Waals surface area contributed by atoms with E-state index in [1.54, 1.807) is 7.05 Å². The minimum absolute atomic E-state index is 0. The van der Waals surface area contributed by atoms with Gasteiger partial charge >= 0.3 is 6.03 Å². The van der Waals surface area contributed by atoms with E-state index in [2.05, 4.69) is 20.9 Å². The van der Waals surface area contributed by atoms with Gasteiger partial charge in [0.15, 0.2) is 5.96 Å². The van der Waals surface area contributed by atoms with Gasteiger partial charge in [0, 0.05) is 32.2 Å². The molecule has 3 N–H and O–H groups in total. The molecule has 0 radical (unpaired) electrons. The van der Waals surface area contributed by atoms with Gasteiger partial charge in [0.25, 0.3) is 0 Å². The van der Waals surface area contributed by atoms with Crippen LogP contribution in [-0.4, -0.2) is 56.1 Å². The van der Waals surface area contributed by atoms with Crippen LogP contribution in [0.5, 0.6) is 5.75 Å². The Kier molecular flexibility index (Phi) is 8.14. The van der Waals surface area contributed by atoms with E-state index in [1.165, 1.54) is 17.7 Å². The number of amides is 3. The van der Waals surface area contributed by atoms with Crippen LogP contribution in [-0.2, 0) is 11.3 Å². The molecular formula is C18H26IN5O3. The zero-order chi connectivity index (χ0) is 18.4. The lowest BCUT2D eigenvalue weighted by Gasteiger charge is -2.16. The smallest absolute Gasteiger partial charge is 0.324 e. The molecule has 1 aliphatic heterocycles. The highest BCUT2D eigenvalue weighted by molar-refractivity contribution is 14.0. The molecule has 3 rings (SSSR count). The Morgan fingerprint density at radius 3 is 2.74 bits per heavy atom. The maximum Gasteiger partial charge on any atom is 0.324 e. The van der Waals surface area contributed by atoms with Crippen molar-refractivity contribution in [3.63, 3.8) is 0 Å². The lowest BCUT2D eigenvalue weighted by atomic mass is 10.2. The summed E-state index contributed by atoms with van der Waals surface area (Å²) in [5.41, 5.74) is 1.06.